The standard InChI is InChI=1S/C23H36N2O4/c1-14(24-25(27)28)19-7-8-20-18-6-5-16-13-17(29-15(2)26)9-11-22(16,3)21(18)10-12-23(19,20)4/h16-21H,5-13H2,1-4H3/b24-14-/t16-,17-,18-,19+,20-,21-,22-,23+/m0/s1. The van der Waals surface area contributed by atoms with Crippen LogP contribution in [0.25, 0.3) is 0 Å². The van der Waals surface area contributed by atoms with Crippen molar-refractivity contribution in [2.45, 2.75) is 91.6 Å². The Morgan fingerprint density at radius 1 is 1.00 bits per heavy atom. The molecule has 0 heterocycles. The number of carbonyl (C=O) groups excluding carboxylic acids is 1. The third kappa shape index (κ3) is 3.40. The van der Waals surface area contributed by atoms with Crippen LogP contribution in [0.15, 0.2) is 5.10 Å². The van der Waals surface area contributed by atoms with Gasteiger partial charge in [0.15, 0.2) is 5.03 Å². The molecule has 0 aromatic carbocycles. The number of nitrogens with zero attached hydrogens (tertiary/aromatic N) is 2. The number of esters is 1. The van der Waals surface area contributed by atoms with Crippen LogP contribution in [0, 0.1) is 50.5 Å². The fourth-order valence-corrected chi connectivity index (χ4v) is 8.45. The highest BCUT2D eigenvalue weighted by Crippen LogP contribution is 2.67. The van der Waals surface area contributed by atoms with Gasteiger partial charge in [-0.25, -0.2) is 10.1 Å². The minimum atomic E-state index is -0.522. The van der Waals surface area contributed by atoms with Gasteiger partial charge >= 0.3 is 5.97 Å². The van der Waals surface area contributed by atoms with E-state index in [1.54, 1.807) is 0 Å². The van der Waals surface area contributed by atoms with Gasteiger partial charge in [0.05, 0.1) is 10.8 Å². The number of hydrazone groups is 1. The zero-order valence-electron chi connectivity index (χ0n) is 18.4. The number of nitro groups is 1. The van der Waals surface area contributed by atoms with Crippen LogP contribution in [-0.2, 0) is 9.53 Å². The minimum absolute atomic E-state index is 0.104. The highest BCUT2D eigenvalue weighted by molar-refractivity contribution is 5.85. The van der Waals surface area contributed by atoms with Crippen LogP contribution in [0.3, 0.4) is 0 Å². The van der Waals surface area contributed by atoms with Gasteiger partial charge in [0, 0.05) is 12.8 Å². The molecule has 29 heavy (non-hydrogen) atoms. The average Bonchev–Trinajstić information content (AvgIpc) is 2.98. The van der Waals surface area contributed by atoms with E-state index >= 15 is 0 Å². The Morgan fingerprint density at radius 3 is 2.38 bits per heavy atom. The van der Waals surface area contributed by atoms with Gasteiger partial charge < -0.3 is 4.74 Å². The summed E-state index contributed by atoms with van der Waals surface area (Å²) in [5.74, 6) is 2.89. The molecule has 4 aliphatic rings. The molecule has 0 spiro atoms. The molecule has 4 saturated carbocycles. The van der Waals surface area contributed by atoms with Crippen molar-refractivity contribution in [3.63, 3.8) is 0 Å². The van der Waals surface area contributed by atoms with Crippen LogP contribution in [0.5, 0.6) is 0 Å². The van der Waals surface area contributed by atoms with E-state index in [0.29, 0.717) is 17.3 Å². The topological polar surface area (TPSA) is 81.8 Å². The molecular weight excluding hydrogens is 368 g/mol. The second-order valence-corrected chi connectivity index (χ2v) is 10.8. The van der Waals surface area contributed by atoms with Crippen LogP contribution < -0.4 is 0 Å². The fourth-order valence-electron chi connectivity index (χ4n) is 8.45. The summed E-state index contributed by atoms with van der Waals surface area (Å²) in [5, 5.41) is 14.1. The van der Waals surface area contributed by atoms with E-state index in [9.17, 15) is 14.9 Å². The molecule has 162 valence electrons. The Bertz CT molecular complexity index is 722. The van der Waals surface area contributed by atoms with E-state index in [1.807, 2.05) is 6.92 Å². The predicted octanol–water partition coefficient (Wildman–Crippen LogP) is 5.23. The lowest BCUT2D eigenvalue weighted by Crippen LogP contribution is -2.54. The normalized spacial score (nSPS) is 47.0. The number of ether oxygens (including phenoxy) is 1. The first-order valence-corrected chi connectivity index (χ1v) is 11.5. The largest absolute Gasteiger partial charge is 0.463 e. The number of hydrogen-bond acceptors (Lipinski definition) is 4. The predicted molar refractivity (Wildman–Crippen MR) is 111 cm³/mol. The number of carbonyl (C=O) groups is 1. The van der Waals surface area contributed by atoms with Gasteiger partial charge in [-0.15, -0.1) is 0 Å². The Balaban J connectivity index is 1.53. The maximum atomic E-state index is 11.4. The smallest absolute Gasteiger partial charge is 0.302 e. The second-order valence-electron chi connectivity index (χ2n) is 10.8. The Kier molecular flexibility index (Phi) is 5.27. The van der Waals surface area contributed by atoms with Gasteiger partial charge in [-0.05, 0) is 99.2 Å². The van der Waals surface area contributed by atoms with Gasteiger partial charge in [-0.1, -0.05) is 13.8 Å². The van der Waals surface area contributed by atoms with Crippen molar-refractivity contribution in [1.82, 2.24) is 0 Å². The van der Waals surface area contributed by atoms with Crippen molar-refractivity contribution in [1.29, 1.82) is 0 Å². The zero-order valence-corrected chi connectivity index (χ0v) is 18.4. The van der Waals surface area contributed by atoms with Gasteiger partial charge in [-0.3, -0.25) is 4.79 Å². The molecule has 0 N–H and O–H groups in total. The summed E-state index contributed by atoms with van der Waals surface area (Å²) in [6.07, 6.45) is 10.4. The number of hydrogen-bond donors (Lipinski definition) is 0. The Labute approximate surface area is 174 Å². The second kappa shape index (κ2) is 7.35. The molecule has 0 bridgehead atoms. The molecule has 6 heteroatoms. The highest BCUT2D eigenvalue weighted by Gasteiger charge is 2.60. The van der Waals surface area contributed by atoms with Gasteiger partial charge in [0.25, 0.3) is 0 Å². The molecule has 4 rings (SSSR count). The van der Waals surface area contributed by atoms with Crippen LogP contribution in [-0.4, -0.2) is 22.8 Å². The van der Waals surface area contributed by atoms with E-state index in [-0.39, 0.29) is 23.4 Å². The highest BCUT2D eigenvalue weighted by atomic mass is 16.7. The molecule has 8 atom stereocenters. The van der Waals surface area contributed by atoms with Crippen molar-refractivity contribution in [3.05, 3.63) is 10.1 Å². The molecule has 0 radical (unpaired) electrons. The molecule has 4 aliphatic carbocycles. The molecule has 4 fully saturated rings. The number of rotatable bonds is 3. The molecule has 6 nitrogen and oxygen atoms in total. The number of fused-ring (bicyclic) bond motifs is 5. The third-order valence-corrected chi connectivity index (χ3v) is 9.69. The Morgan fingerprint density at radius 2 is 1.69 bits per heavy atom. The first-order chi connectivity index (χ1) is 13.6. The first-order valence-electron chi connectivity index (χ1n) is 11.5. The molecule has 0 unspecified atom stereocenters. The zero-order chi connectivity index (χ0) is 21.0. The van der Waals surface area contributed by atoms with Crippen molar-refractivity contribution >= 4 is 11.7 Å². The molecular formula is C23H36N2O4. The van der Waals surface area contributed by atoms with Crippen molar-refractivity contribution in [3.8, 4) is 0 Å². The SMILES string of the molecule is CC(=O)O[C@H]1CC[C@@]2(C)[C@@H](CC[C@@H]3[C@@H]2CC[C@]2(C)[C@@H](/C(C)=N\[N+](=O)[O-])CC[C@@H]32)C1. The van der Waals surface area contributed by atoms with Gasteiger partial charge in [0.2, 0.25) is 0 Å². The fraction of sp³-hybridized carbons (Fsp3) is 0.913. The van der Waals surface area contributed by atoms with E-state index in [1.165, 1.54) is 32.6 Å². The van der Waals surface area contributed by atoms with E-state index in [2.05, 4.69) is 18.9 Å². The lowest BCUT2D eigenvalue weighted by Gasteiger charge is -2.61. The van der Waals surface area contributed by atoms with E-state index in [0.717, 1.165) is 49.7 Å². The molecule has 0 amide bonds. The minimum Gasteiger partial charge on any atom is -0.463 e. The van der Waals surface area contributed by atoms with E-state index in [4.69, 9.17) is 4.74 Å². The summed E-state index contributed by atoms with van der Waals surface area (Å²) in [6.45, 7) is 8.28. The summed E-state index contributed by atoms with van der Waals surface area (Å²) in [5.41, 5.74) is 1.23. The monoisotopic (exact) mass is 404 g/mol. The maximum Gasteiger partial charge on any atom is 0.302 e. The summed E-state index contributed by atoms with van der Waals surface area (Å²) in [7, 11) is 0. The summed E-state index contributed by atoms with van der Waals surface area (Å²) in [4.78, 5) is 22.4. The maximum absolute atomic E-state index is 11.4. The molecule has 0 saturated heterocycles. The molecule has 0 aromatic heterocycles. The first kappa shape index (κ1) is 20.8. The van der Waals surface area contributed by atoms with Crippen molar-refractivity contribution < 1.29 is 14.6 Å². The van der Waals surface area contributed by atoms with Crippen molar-refractivity contribution in [2.75, 3.05) is 0 Å². The molecule has 0 aromatic rings. The lowest BCUT2D eigenvalue weighted by molar-refractivity contribution is -0.485. The summed E-state index contributed by atoms with van der Waals surface area (Å²) < 4.78 is 5.57. The van der Waals surface area contributed by atoms with E-state index < -0.39 is 5.03 Å². The lowest BCUT2D eigenvalue weighted by atomic mass is 9.44. The summed E-state index contributed by atoms with van der Waals surface area (Å²) in [6, 6.07) is 0. The third-order valence-electron chi connectivity index (χ3n) is 9.69. The van der Waals surface area contributed by atoms with Gasteiger partial charge in [0.1, 0.15) is 6.10 Å². The quantitative estimate of drug-likeness (QED) is 0.279. The van der Waals surface area contributed by atoms with Crippen molar-refractivity contribution in [2.24, 2.45) is 45.5 Å². The van der Waals surface area contributed by atoms with Crippen LogP contribution in [0.2, 0.25) is 0 Å². The average molecular weight is 405 g/mol. The van der Waals surface area contributed by atoms with Crippen LogP contribution in [0.1, 0.15) is 85.5 Å². The van der Waals surface area contributed by atoms with Crippen LogP contribution >= 0.6 is 0 Å². The van der Waals surface area contributed by atoms with Gasteiger partial charge in [-0.2, -0.15) is 0 Å². The Hall–Kier alpha value is -1.46. The molecule has 0 aliphatic heterocycles. The van der Waals surface area contributed by atoms with Crippen LogP contribution in [0.4, 0.5) is 0 Å². The summed E-state index contributed by atoms with van der Waals surface area (Å²) >= 11 is 0.